The van der Waals surface area contributed by atoms with Crippen molar-refractivity contribution in [1.29, 1.82) is 0 Å². The Kier molecular flexibility index (Phi) is 2.95. The summed E-state index contributed by atoms with van der Waals surface area (Å²) >= 11 is 3.89. The maximum Gasteiger partial charge on any atom is 0.231 e. The van der Waals surface area contributed by atoms with Gasteiger partial charge in [-0.1, -0.05) is 34.1 Å². The van der Waals surface area contributed by atoms with Gasteiger partial charge < -0.3 is 5.32 Å². The molecule has 4 fully saturated rings. The zero-order valence-corrected chi connectivity index (χ0v) is 13.1. The van der Waals surface area contributed by atoms with Crippen LogP contribution in [0.4, 0.5) is 5.69 Å². The van der Waals surface area contributed by atoms with Crippen LogP contribution in [-0.2, 0) is 4.79 Å². The molecule has 106 valence electrons. The average molecular weight is 334 g/mol. The van der Waals surface area contributed by atoms with Crippen LogP contribution in [0.25, 0.3) is 0 Å². The normalized spacial score (nSPS) is 41.6. The Bertz CT molecular complexity index is 515. The molecule has 0 saturated heterocycles. The van der Waals surface area contributed by atoms with E-state index in [1.807, 2.05) is 30.3 Å². The second kappa shape index (κ2) is 4.59. The number of hydrogen-bond donors (Lipinski definition) is 1. The highest BCUT2D eigenvalue weighted by Gasteiger charge is 2.59. The molecule has 5 rings (SSSR count). The minimum atomic E-state index is -0.162. The van der Waals surface area contributed by atoms with Gasteiger partial charge in [0.1, 0.15) is 0 Å². The number of halogens is 1. The van der Waals surface area contributed by atoms with Crippen molar-refractivity contribution < 1.29 is 4.79 Å². The Hall–Kier alpha value is -0.830. The molecule has 0 aromatic heterocycles. The van der Waals surface area contributed by atoms with E-state index >= 15 is 0 Å². The van der Waals surface area contributed by atoms with E-state index in [4.69, 9.17) is 0 Å². The fourth-order valence-corrected chi connectivity index (χ4v) is 6.08. The van der Waals surface area contributed by atoms with Crippen molar-refractivity contribution in [2.24, 2.45) is 23.2 Å². The van der Waals surface area contributed by atoms with Crippen molar-refractivity contribution in [3.8, 4) is 0 Å². The van der Waals surface area contributed by atoms with E-state index in [-0.39, 0.29) is 11.3 Å². The van der Waals surface area contributed by atoms with Gasteiger partial charge >= 0.3 is 0 Å². The van der Waals surface area contributed by atoms with E-state index in [0.717, 1.165) is 30.4 Å². The summed E-state index contributed by atoms with van der Waals surface area (Å²) < 4.78 is 0. The number of hydrogen-bond acceptors (Lipinski definition) is 1. The molecule has 2 nitrogen and oxygen atoms in total. The third-order valence-corrected chi connectivity index (χ3v) is 7.29. The summed E-state index contributed by atoms with van der Waals surface area (Å²) in [5.74, 6) is 2.51. The summed E-state index contributed by atoms with van der Waals surface area (Å²) in [4.78, 5) is 13.3. The molecule has 3 unspecified atom stereocenters. The Morgan fingerprint density at radius 1 is 1.10 bits per heavy atom. The Morgan fingerprint density at radius 2 is 1.75 bits per heavy atom. The van der Waals surface area contributed by atoms with Crippen LogP contribution < -0.4 is 5.32 Å². The highest BCUT2D eigenvalue weighted by atomic mass is 79.9. The summed E-state index contributed by atoms with van der Waals surface area (Å²) in [7, 11) is 0. The quantitative estimate of drug-likeness (QED) is 0.807. The Labute approximate surface area is 128 Å². The van der Waals surface area contributed by atoms with Crippen molar-refractivity contribution in [2.45, 2.75) is 36.9 Å². The first kappa shape index (κ1) is 12.9. The molecule has 0 spiro atoms. The molecule has 3 heteroatoms. The number of carbonyl (C=O) groups is 1. The van der Waals surface area contributed by atoms with Crippen LogP contribution >= 0.6 is 15.9 Å². The molecule has 0 radical (unpaired) electrons. The van der Waals surface area contributed by atoms with Crippen LogP contribution in [0.3, 0.4) is 0 Å². The van der Waals surface area contributed by atoms with Gasteiger partial charge in [-0.3, -0.25) is 4.79 Å². The van der Waals surface area contributed by atoms with Gasteiger partial charge in [-0.15, -0.1) is 0 Å². The van der Waals surface area contributed by atoms with E-state index in [9.17, 15) is 4.79 Å². The first-order valence-electron chi connectivity index (χ1n) is 7.68. The fraction of sp³-hybridized carbons (Fsp3) is 0.588. The second-order valence-corrected chi connectivity index (χ2v) is 7.97. The maximum absolute atomic E-state index is 12.9. The Balaban J connectivity index is 1.61. The maximum atomic E-state index is 12.9. The number of rotatable bonds is 2. The smallest absolute Gasteiger partial charge is 0.231 e. The second-order valence-electron chi connectivity index (χ2n) is 6.99. The molecule has 4 bridgehead atoms. The van der Waals surface area contributed by atoms with E-state index in [1.54, 1.807) is 0 Å². The van der Waals surface area contributed by atoms with Gasteiger partial charge in [-0.2, -0.15) is 0 Å². The van der Waals surface area contributed by atoms with Gasteiger partial charge in [0.2, 0.25) is 5.91 Å². The van der Waals surface area contributed by atoms with Gasteiger partial charge in [-0.25, -0.2) is 0 Å². The van der Waals surface area contributed by atoms with Gasteiger partial charge in [0.15, 0.2) is 0 Å². The average Bonchev–Trinajstić information content (AvgIpc) is 2.44. The van der Waals surface area contributed by atoms with E-state index in [2.05, 4.69) is 21.2 Å². The van der Waals surface area contributed by atoms with Gasteiger partial charge in [-0.05, 0) is 62.0 Å². The molecule has 3 atom stereocenters. The molecule has 1 amide bonds. The SMILES string of the molecule is O=C(Nc1ccccc1)C12CC3CC(CC(C3)C1Br)C2. The van der Waals surface area contributed by atoms with Crippen LogP contribution in [-0.4, -0.2) is 10.7 Å². The summed E-state index contributed by atoms with van der Waals surface area (Å²) in [5, 5.41) is 3.16. The number of anilines is 1. The third kappa shape index (κ3) is 1.86. The van der Waals surface area contributed by atoms with E-state index in [0.29, 0.717) is 10.7 Å². The van der Waals surface area contributed by atoms with E-state index < -0.39 is 0 Å². The summed E-state index contributed by atoms with van der Waals surface area (Å²) in [6.07, 6.45) is 6.17. The highest BCUT2D eigenvalue weighted by Crippen LogP contribution is 2.62. The Morgan fingerprint density at radius 3 is 2.40 bits per heavy atom. The lowest BCUT2D eigenvalue weighted by Gasteiger charge is -2.58. The number of alkyl halides is 1. The van der Waals surface area contributed by atoms with Crippen LogP contribution in [0.5, 0.6) is 0 Å². The van der Waals surface area contributed by atoms with Crippen molar-refractivity contribution in [3.63, 3.8) is 0 Å². The number of amides is 1. The van der Waals surface area contributed by atoms with Crippen LogP contribution in [0.1, 0.15) is 32.1 Å². The van der Waals surface area contributed by atoms with Crippen LogP contribution in [0.2, 0.25) is 0 Å². The molecule has 0 aliphatic heterocycles. The molecule has 1 aromatic rings. The minimum absolute atomic E-state index is 0.162. The molecule has 4 aliphatic rings. The fourth-order valence-electron chi connectivity index (χ4n) is 5.07. The zero-order chi connectivity index (χ0) is 13.7. The number of benzene rings is 1. The number of nitrogens with one attached hydrogen (secondary N) is 1. The minimum Gasteiger partial charge on any atom is -0.326 e. The van der Waals surface area contributed by atoms with Gasteiger partial charge in [0, 0.05) is 10.5 Å². The lowest BCUT2D eigenvalue weighted by Crippen LogP contribution is -2.58. The van der Waals surface area contributed by atoms with Crippen molar-refractivity contribution in [3.05, 3.63) is 30.3 Å². The number of para-hydroxylation sites is 1. The zero-order valence-electron chi connectivity index (χ0n) is 11.5. The lowest BCUT2D eigenvalue weighted by atomic mass is 9.49. The molecular formula is C17H20BrNO. The first-order chi connectivity index (χ1) is 9.67. The third-order valence-electron chi connectivity index (χ3n) is 5.67. The van der Waals surface area contributed by atoms with Crippen LogP contribution in [0, 0.1) is 23.2 Å². The predicted octanol–water partition coefficient (Wildman–Crippen LogP) is 4.21. The van der Waals surface area contributed by atoms with Crippen molar-refractivity contribution in [2.75, 3.05) is 5.32 Å². The predicted molar refractivity (Wildman–Crippen MR) is 83.8 cm³/mol. The molecule has 1 aromatic carbocycles. The summed E-state index contributed by atoms with van der Waals surface area (Å²) in [6.45, 7) is 0. The molecule has 1 N–H and O–H groups in total. The van der Waals surface area contributed by atoms with Crippen LogP contribution in [0.15, 0.2) is 30.3 Å². The van der Waals surface area contributed by atoms with Gasteiger partial charge in [0.25, 0.3) is 0 Å². The highest BCUT2D eigenvalue weighted by molar-refractivity contribution is 9.09. The largest absolute Gasteiger partial charge is 0.326 e. The standard InChI is InChI=1S/C17H20BrNO/c18-15-13-7-11-6-12(8-13)10-17(15,9-11)16(20)19-14-4-2-1-3-5-14/h1-5,11-13,15H,6-10H2,(H,19,20). The van der Waals surface area contributed by atoms with Crippen molar-refractivity contribution in [1.82, 2.24) is 0 Å². The molecule has 0 heterocycles. The topological polar surface area (TPSA) is 29.1 Å². The summed E-state index contributed by atoms with van der Waals surface area (Å²) in [6, 6.07) is 9.87. The van der Waals surface area contributed by atoms with E-state index in [1.165, 1.54) is 19.3 Å². The first-order valence-corrected chi connectivity index (χ1v) is 8.59. The molecule has 20 heavy (non-hydrogen) atoms. The molecular weight excluding hydrogens is 314 g/mol. The van der Waals surface area contributed by atoms with Crippen molar-refractivity contribution >= 4 is 27.5 Å². The van der Waals surface area contributed by atoms with Gasteiger partial charge in [0.05, 0.1) is 5.41 Å². The lowest BCUT2D eigenvalue weighted by molar-refractivity contribution is -0.138. The molecule has 4 aliphatic carbocycles. The monoisotopic (exact) mass is 333 g/mol. The summed E-state index contributed by atoms with van der Waals surface area (Å²) in [5.41, 5.74) is 0.762. The number of carbonyl (C=O) groups excluding carboxylic acids is 1. The molecule has 4 saturated carbocycles.